The Labute approximate surface area is 159 Å². The van der Waals surface area contributed by atoms with E-state index in [0.29, 0.717) is 5.41 Å². The monoisotopic (exact) mass is 360 g/mol. The molecule has 5 rings (SSSR count). The van der Waals surface area contributed by atoms with Crippen LogP contribution in [0.4, 0.5) is 5.69 Å². The van der Waals surface area contributed by atoms with Gasteiger partial charge in [0.05, 0.1) is 0 Å². The number of nitrogens with one attached hydrogen (secondary N) is 1. The SMILES string of the molecule is Cc1[nH]nc(-c2ccncc2)c1-c1ccc(N2CC3(CCOCC3)C2)cc1. The molecule has 5 heteroatoms. The van der Waals surface area contributed by atoms with Crippen molar-refractivity contribution in [1.82, 2.24) is 15.2 Å². The van der Waals surface area contributed by atoms with Gasteiger partial charge in [0.15, 0.2) is 0 Å². The molecule has 2 saturated heterocycles. The Morgan fingerprint density at radius 1 is 0.963 bits per heavy atom. The number of rotatable bonds is 3. The largest absolute Gasteiger partial charge is 0.381 e. The topological polar surface area (TPSA) is 54.0 Å². The molecular formula is C22H24N4O. The average Bonchev–Trinajstić information content (AvgIpc) is 3.09. The molecule has 0 saturated carbocycles. The number of anilines is 1. The lowest BCUT2D eigenvalue weighted by atomic mass is 9.73. The van der Waals surface area contributed by atoms with Gasteiger partial charge in [-0.05, 0) is 49.6 Å². The van der Waals surface area contributed by atoms with E-state index in [1.807, 2.05) is 24.5 Å². The Bertz CT molecular complexity index is 919. The van der Waals surface area contributed by atoms with Crippen LogP contribution in [0.15, 0.2) is 48.8 Å². The first-order valence-electron chi connectivity index (χ1n) is 9.63. The van der Waals surface area contributed by atoms with E-state index >= 15 is 0 Å². The first-order chi connectivity index (χ1) is 13.2. The summed E-state index contributed by atoms with van der Waals surface area (Å²) in [5.41, 5.74) is 7.30. The molecule has 0 unspecified atom stereocenters. The molecule has 2 aromatic heterocycles. The fraction of sp³-hybridized carbons (Fsp3) is 0.364. The van der Waals surface area contributed by atoms with E-state index in [1.54, 1.807) is 0 Å². The Balaban J connectivity index is 1.38. The molecule has 1 N–H and O–H groups in total. The normalized spacial score (nSPS) is 18.5. The molecule has 2 aliphatic heterocycles. The first kappa shape index (κ1) is 16.5. The highest BCUT2D eigenvalue weighted by Gasteiger charge is 2.43. The summed E-state index contributed by atoms with van der Waals surface area (Å²) < 4.78 is 5.53. The minimum Gasteiger partial charge on any atom is -0.381 e. The molecule has 1 spiro atoms. The van der Waals surface area contributed by atoms with Gasteiger partial charge in [0.1, 0.15) is 5.69 Å². The van der Waals surface area contributed by atoms with Gasteiger partial charge in [-0.1, -0.05) is 12.1 Å². The Hall–Kier alpha value is -2.66. The van der Waals surface area contributed by atoms with Crippen LogP contribution >= 0.6 is 0 Å². The third kappa shape index (κ3) is 2.92. The molecule has 5 nitrogen and oxygen atoms in total. The summed E-state index contributed by atoms with van der Waals surface area (Å²) in [6.07, 6.45) is 6.01. The van der Waals surface area contributed by atoms with E-state index in [4.69, 9.17) is 4.74 Å². The highest BCUT2D eigenvalue weighted by Crippen LogP contribution is 2.42. The summed E-state index contributed by atoms with van der Waals surface area (Å²) in [6, 6.07) is 12.9. The van der Waals surface area contributed by atoms with Gasteiger partial charge in [-0.3, -0.25) is 10.1 Å². The predicted molar refractivity (Wildman–Crippen MR) is 107 cm³/mol. The predicted octanol–water partition coefficient (Wildman–Crippen LogP) is 4.06. The van der Waals surface area contributed by atoms with Crippen molar-refractivity contribution < 1.29 is 4.74 Å². The third-order valence-corrected chi connectivity index (χ3v) is 6.03. The maximum Gasteiger partial charge on any atom is 0.100 e. The van der Waals surface area contributed by atoms with Gasteiger partial charge < -0.3 is 9.64 Å². The second-order valence-electron chi connectivity index (χ2n) is 7.82. The number of aromatic nitrogens is 3. The number of hydrogen-bond acceptors (Lipinski definition) is 4. The molecule has 0 amide bonds. The van der Waals surface area contributed by atoms with Gasteiger partial charge in [-0.25, -0.2) is 0 Å². The van der Waals surface area contributed by atoms with Crippen molar-refractivity contribution in [3.8, 4) is 22.4 Å². The van der Waals surface area contributed by atoms with Crippen LogP contribution in [0.5, 0.6) is 0 Å². The first-order valence-corrected chi connectivity index (χ1v) is 9.63. The van der Waals surface area contributed by atoms with E-state index in [0.717, 1.165) is 48.8 Å². The molecule has 2 aliphatic rings. The Morgan fingerprint density at radius 2 is 1.67 bits per heavy atom. The molecule has 138 valence electrons. The van der Waals surface area contributed by atoms with E-state index in [1.165, 1.54) is 24.1 Å². The highest BCUT2D eigenvalue weighted by molar-refractivity contribution is 5.83. The summed E-state index contributed by atoms with van der Waals surface area (Å²) >= 11 is 0. The van der Waals surface area contributed by atoms with Crippen molar-refractivity contribution in [2.45, 2.75) is 19.8 Å². The number of hydrogen-bond donors (Lipinski definition) is 1. The number of ether oxygens (including phenoxy) is 1. The number of nitrogens with zero attached hydrogens (tertiary/aromatic N) is 3. The molecule has 27 heavy (non-hydrogen) atoms. The maximum absolute atomic E-state index is 5.53. The van der Waals surface area contributed by atoms with Gasteiger partial charge in [0, 0.05) is 66.6 Å². The minimum atomic E-state index is 0.493. The maximum atomic E-state index is 5.53. The summed E-state index contributed by atoms with van der Waals surface area (Å²) in [5, 5.41) is 7.67. The van der Waals surface area contributed by atoms with Gasteiger partial charge in [0.2, 0.25) is 0 Å². The summed E-state index contributed by atoms with van der Waals surface area (Å²) in [4.78, 5) is 6.60. The van der Waals surface area contributed by atoms with Crippen molar-refractivity contribution in [3.63, 3.8) is 0 Å². The quantitative estimate of drug-likeness (QED) is 0.765. The summed E-state index contributed by atoms with van der Waals surface area (Å²) in [7, 11) is 0. The molecule has 0 aliphatic carbocycles. The van der Waals surface area contributed by atoms with Crippen LogP contribution in [0.1, 0.15) is 18.5 Å². The minimum absolute atomic E-state index is 0.493. The van der Waals surface area contributed by atoms with E-state index in [-0.39, 0.29) is 0 Å². The molecule has 3 aromatic rings. The van der Waals surface area contributed by atoms with E-state index < -0.39 is 0 Å². The van der Waals surface area contributed by atoms with Crippen molar-refractivity contribution in [1.29, 1.82) is 0 Å². The van der Waals surface area contributed by atoms with Crippen molar-refractivity contribution in [2.75, 3.05) is 31.2 Å². The van der Waals surface area contributed by atoms with Crippen LogP contribution in [0, 0.1) is 12.3 Å². The van der Waals surface area contributed by atoms with Crippen molar-refractivity contribution in [2.24, 2.45) is 5.41 Å². The van der Waals surface area contributed by atoms with Gasteiger partial charge in [0.25, 0.3) is 0 Å². The van der Waals surface area contributed by atoms with Gasteiger partial charge in [-0.2, -0.15) is 5.10 Å². The molecular weight excluding hydrogens is 336 g/mol. The molecule has 1 aromatic carbocycles. The Kier molecular flexibility index (Phi) is 3.97. The zero-order chi connectivity index (χ0) is 18.3. The van der Waals surface area contributed by atoms with Crippen LogP contribution in [0.25, 0.3) is 22.4 Å². The highest BCUT2D eigenvalue weighted by atomic mass is 16.5. The van der Waals surface area contributed by atoms with Crippen molar-refractivity contribution >= 4 is 5.69 Å². The van der Waals surface area contributed by atoms with Crippen LogP contribution < -0.4 is 4.90 Å². The zero-order valence-corrected chi connectivity index (χ0v) is 15.6. The number of benzene rings is 1. The van der Waals surface area contributed by atoms with Crippen LogP contribution in [-0.4, -0.2) is 41.5 Å². The zero-order valence-electron chi connectivity index (χ0n) is 15.6. The molecule has 4 heterocycles. The lowest BCUT2D eigenvalue weighted by molar-refractivity contribution is -0.000189. The van der Waals surface area contributed by atoms with Crippen LogP contribution in [-0.2, 0) is 4.74 Å². The fourth-order valence-corrected chi connectivity index (χ4v) is 4.41. The molecule has 0 atom stereocenters. The number of aryl methyl sites for hydroxylation is 1. The average molecular weight is 360 g/mol. The number of aromatic amines is 1. The van der Waals surface area contributed by atoms with Crippen LogP contribution in [0.2, 0.25) is 0 Å². The van der Waals surface area contributed by atoms with Crippen LogP contribution in [0.3, 0.4) is 0 Å². The van der Waals surface area contributed by atoms with Gasteiger partial charge >= 0.3 is 0 Å². The molecule has 2 fully saturated rings. The second kappa shape index (κ2) is 6.50. The van der Waals surface area contributed by atoms with Crippen molar-refractivity contribution in [3.05, 3.63) is 54.5 Å². The summed E-state index contributed by atoms with van der Waals surface area (Å²) in [6.45, 7) is 6.23. The second-order valence-corrected chi connectivity index (χ2v) is 7.82. The summed E-state index contributed by atoms with van der Waals surface area (Å²) in [5.74, 6) is 0. The number of pyridine rings is 1. The molecule has 0 bridgehead atoms. The fourth-order valence-electron chi connectivity index (χ4n) is 4.41. The van der Waals surface area contributed by atoms with Gasteiger partial charge in [-0.15, -0.1) is 0 Å². The lowest BCUT2D eigenvalue weighted by Crippen LogP contribution is -2.58. The van der Waals surface area contributed by atoms with E-state index in [9.17, 15) is 0 Å². The van der Waals surface area contributed by atoms with E-state index in [2.05, 4.69) is 51.3 Å². The third-order valence-electron chi connectivity index (χ3n) is 6.03. The molecule has 0 radical (unpaired) electrons. The standard InChI is InChI=1S/C22H24N4O/c1-16-20(21(25-24-16)18-6-10-23-11-7-18)17-2-4-19(5-3-17)26-14-22(15-26)8-12-27-13-9-22/h2-7,10-11H,8-9,12-15H2,1H3,(H,24,25). The Morgan fingerprint density at radius 3 is 2.37 bits per heavy atom. The lowest BCUT2D eigenvalue weighted by Gasteiger charge is -2.53. The number of H-pyrrole nitrogens is 1. The smallest absolute Gasteiger partial charge is 0.100 e.